The number of carbonyl (C=O) groups is 1. The van der Waals surface area contributed by atoms with Crippen molar-refractivity contribution in [3.05, 3.63) is 78.1 Å². The molecule has 0 aliphatic rings. The van der Waals surface area contributed by atoms with Gasteiger partial charge in [0.25, 0.3) is 0 Å². The number of amides is 1. The number of aromatic nitrogens is 3. The van der Waals surface area contributed by atoms with Crippen molar-refractivity contribution in [2.75, 3.05) is 31.8 Å². The number of fused-ring (bicyclic) bond motifs is 1. The minimum Gasteiger partial charge on any atom is -0.493 e. The average molecular weight is 507 g/mol. The Morgan fingerprint density at radius 1 is 1.06 bits per heavy atom. The lowest BCUT2D eigenvalue weighted by Gasteiger charge is -2.22. The zero-order valence-corrected chi connectivity index (χ0v) is 21.5. The predicted octanol–water partition coefficient (Wildman–Crippen LogP) is 4.96. The maximum Gasteiger partial charge on any atom is 0.335 e. The molecule has 188 valence electrons. The molecule has 0 N–H and O–H groups in total. The van der Waals surface area contributed by atoms with Gasteiger partial charge in [-0.1, -0.05) is 30.3 Å². The van der Waals surface area contributed by atoms with Crippen LogP contribution in [0.2, 0.25) is 0 Å². The van der Waals surface area contributed by atoms with E-state index in [0.717, 1.165) is 17.7 Å². The molecule has 0 saturated carbocycles. The van der Waals surface area contributed by atoms with E-state index in [-0.39, 0.29) is 16.9 Å². The Labute approximate surface area is 213 Å². The zero-order valence-electron chi connectivity index (χ0n) is 20.7. The number of hydrogen-bond acceptors (Lipinski definition) is 6. The van der Waals surface area contributed by atoms with Crippen molar-refractivity contribution in [1.82, 2.24) is 14.5 Å². The van der Waals surface area contributed by atoms with Crippen LogP contribution < -0.4 is 9.64 Å². The van der Waals surface area contributed by atoms with Gasteiger partial charge in [0.05, 0.1) is 39.9 Å². The molecular formula is C27H30N4O4S. The summed E-state index contributed by atoms with van der Waals surface area (Å²) in [7, 11) is 0.0204. The molecule has 4 aromatic rings. The summed E-state index contributed by atoms with van der Waals surface area (Å²) in [6.45, 7) is 5.38. The molecule has 0 aliphatic heterocycles. The van der Waals surface area contributed by atoms with Crippen LogP contribution in [0.15, 0.2) is 72.0 Å². The fourth-order valence-corrected chi connectivity index (χ4v) is 5.18. The molecule has 1 atom stereocenters. The number of methoxy groups -OCH3 is 1. The third kappa shape index (κ3) is 5.47. The van der Waals surface area contributed by atoms with Crippen molar-refractivity contribution in [3.63, 3.8) is 0 Å². The van der Waals surface area contributed by atoms with Crippen molar-refractivity contribution >= 4 is 33.6 Å². The number of rotatable bonds is 10. The molecule has 4 rings (SSSR count). The highest BCUT2D eigenvalue weighted by molar-refractivity contribution is 7.84. The largest absolute Gasteiger partial charge is 0.493 e. The fraction of sp³-hybridized carbons (Fsp3) is 0.296. The molecule has 2 aromatic heterocycles. The zero-order chi connectivity index (χ0) is 25.5. The van der Waals surface area contributed by atoms with Gasteiger partial charge in [0.15, 0.2) is 0 Å². The summed E-state index contributed by atoms with van der Waals surface area (Å²) in [5.41, 5.74) is 3.43. The molecule has 0 aliphatic carbocycles. The number of nitrogens with zero attached hydrogens (tertiary/aromatic N) is 4. The van der Waals surface area contributed by atoms with Gasteiger partial charge in [-0.2, -0.15) is 0 Å². The molecule has 8 nitrogen and oxygen atoms in total. The van der Waals surface area contributed by atoms with E-state index in [2.05, 4.69) is 9.97 Å². The predicted molar refractivity (Wildman–Crippen MR) is 141 cm³/mol. The van der Waals surface area contributed by atoms with Gasteiger partial charge >= 0.3 is 6.03 Å². The van der Waals surface area contributed by atoms with E-state index in [0.29, 0.717) is 42.2 Å². The van der Waals surface area contributed by atoms with Crippen LogP contribution in [0.3, 0.4) is 0 Å². The molecule has 2 heterocycles. The topological polar surface area (TPSA) is 86.6 Å². The Morgan fingerprint density at radius 2 is 1.81 bits per heavy atom. The summed E-state index contributed by atoms with van der Waals surface area (Å²) < 4.78 is 26.1. The monoisotopic (exact) mass is 506 g/mol. The number of hydrogen-bond donors (Lipinski definition) is 0. The molecule has 1 amide bonds. The molecule has 0 bridgehead atoms. The molecule has 9 heteroatoms. The molecule has 0 radical (unpaired) electrons. The minimum absolute atomic E-state index is 0.106. The summed E-state index contributed by atoms with van der Waals surface area (Å²) in [6.07, 6.45) is 2.41. The van der Waals surface area contributed by atoms with Gasteiger partial charge in [0.2, 0.25) is 5.16 Å². The van der Waals surface area contributed by atoms with Crippen LogP contribution >= 0.6 is 0 Å². The Hall–Kier alpha value is -3.56. The van der Waals surface area contributed by atoms with E-state index in [9.17, 15) is 9.00 Å². The number of para-hydroxylation sites is 3. The maximum atomic E-state index is 13.8. The Balaban J connectivity index is 1.66. The van der Waals surface area contributed by atoms with Gasteiger partial charge in [-0.05, 0) is 44.2 Å². The molecule has 0 fully saturated rings. The molecule has 2 aromatic carbocycles. The number of carbonyl (C=O) groups excluding carboxylic acids is 1. The third-order valence-electron chi connectivity index (χ3n) is 5.82. The molecule has 0 saturated heterocycles. The smallest absolute Gasteiger partial charge is 0.335 e. The van der Waals surface area contributed by atoms with Crippen LogP contribution in [0.25, 0.3) is 11.0 Å². The Kier molecular flexibility index (Phi) is 8.45. The second kappa shape index (κ2) is 11.9. The number of pyridine rings is 1. The molecule has 0 spiro atoms. The van der Waals surface area contributed by atoms with Gasteiger partial charge in [0.1, 0.15) is 5.75 Å². The van der Waals surface area contributed by atoms with Crippen molar-refractivity contribution in [2.45, 2.75) is 31.2 Å². The maximum absolute atomic E-state index is 13.8. The van der Waals surface area contributed by atoms with E-state index in [4.69, 9.17) is 9.47 Å². The van der Waals surface area contributed by atoms with E-state index in [1.54, 1.807) is 24.3 Å². The molecule has 36 heavy (non-hydrogen) atoms. The second-order valence-corrected chi connectivity index (χ2v) is 9.49. The van der Waals surface area contributed by atoms with Crippen molar-refractivity contribution < 1.29 is 18.5 Å². The number of anilines is 1. The van der Waals surface area contributed by atoms with Crippen LogP contribution in [0.5, 0.6) is 5.75 Å². The minimum atomic E-state index is -1.64. The van der Waals surface area contributed by atoms with E-state index in [1.807, 2.05) is 68.4 Å². The highest BCUT2D eigenvalue weighted by Crippen LogP contribution is 2.26. The Morgan fingerprint density at radius 3 is 2.56 bits per heavy atom. The number of ether oxygens (including phenoxy) is 2. The van der Waals surface area contributed by atoms with Crippen LogP contribution in [0.1, 0.15) is 24.6 Å². The number of imidazole rings is 1. The Bertz CT molecular complexity index is 1360. The van der Waals surface area contributed by atoms with Gasteiger partial charge in [-0.25, -0.2) is 14.3 Å². The standard InChI is InChI=1S/C27H30N4O4S/c1-4-30(21-11-6-5-7-12-21)27(32)31-24-14-9-8-13-22(24)29-26(31)36(33)19-23-20(2)25(15-16-28-23)35-18-10-17-34-3/h5-9,11-16H,4,10,17-19H2,1-3H3. The van der Waals surface area contributed by atoms with Crippen molar-refractivity contribution in [2.24, 2.45) is 0 Å². The first-order valence-electron chi connectivity index (χ1n) is 11.8. The average Bonchev–Trinajstić information content (AvgIpc) is 3.29. The van der Waals surface area contributed by atoms with Gasteiger partial charge in [-0.3, -0.25) is 14.1 Å². The summed E-state index contributed by atoms with van der Waals surface area (Å²) in [6, 6.07) is 18.2. The highest BCUT2D eigenvalue weighted by atomic mass is 32.2. The van der Waals surface area contributed by atoms with Gasteiger partial charge < -0.3 is 9.47 Å². The summed E-state index contributed by atoms with van der Waals surface area (Å²) in [5, 5.41) is 0.197. The van der Waals surface area contributed by atoms with Crippen LogP contribution in [-0.4, -0.2) is 51.6 Å². The lowest BCUT2D eigenvalue weighted by molar-refractivity contribution is 0.172. The summed E-state index contributed by atoms with van der Waals surface area (Å²) >= 11 is 0. The lowest BCUT2D eigenvalue weighted by Crippen LogP contribution is -2.35. The first-order valence-corrected chi connectivity index (χ1v) is 13.2. The lowest BCUT2D eigenvalue weighted by atomic mass is 10.2. The highest BCUT2D eigenvalue weighted by Gasteiger charge is 2.26. The normalized spacial score (nSPS) is 12.0. The first-order chi connectivity index (χ1) is 17.5. The van der Waals surface area contributed by atoms with Gasteiger partial charge in [-0.15, -0.1) is 0 Å². The van der Waals surface area contributed by atoms with Gasteiger partial charge in [0, 0.05) is 44.1 Å². The van der Waals surface area contributed by atoms with Crippen LogP contribution in [0, 0.1) is 6.92 Å². The summed E-state index contributed by atoms with van der Waals surface area (Å²) in [4.78, 5) is 24.5. The van der Waals surface area contributed by atoms with Crippen molar-refractivity contribution in [1.29, 1.82) is 0 Å². The molecule has 1 unspecified atom stereocenters. The second-order valence-electron chi connectivity index (χ2n) is 8.15. The third-order valence-corrected chi connectivity index (χ3v) is 7.03. The van der Waals surface area contributed by atoms with E-state index in [1.165, 1.54) is 4.57 Å². The molecular weight excluding hydrogens is 476 g/mol. The van der Waals surface area contributed by atoms with E-state index < -0.39 is 10.8 Å². The van der Waals surface area contributed by atoms with Crippen molar-refractivity contribution in [3.8, 4) is 5.75 Å². The van der Waals surface area contributed by atoms with Crippen LogP contribution in [-0.2, 0) is 21.3 Å². The fourth-order valence-electron chi connectivity index (χ4n) is 3.93. The summed E-state index contributed by atoms with van der Waals surface area (Å²) in [5.74, 6) is 0.800. The first kappa shape index (κ1) is 25.5. The van der Waals surface area contributed by atoms with Crippen LogP contribution in [0.4, 0.5) is 10.5 Å². The quantitative estimate of drug-likeness (QED) is 0.283. The number of benzene rings is 2. The SMILES string of the molecule is CCN(C(=O)n1c(S(=O)Cc2nccc(OCCCOC)c2C)nc2ccccc21)c1ccccc1. The van der Waals surface area contributed by atoms with E-state index >= 15 is 0 Å².